The van der Waals surface area contributed by atoms with Crippen LogP contribution >= 0.6 is 12.2 Å². The quantitative estimate of drug-likeness (QED) is 0.464. The van der Waals surface area contributed by atoms with Crippen molar-refractivity contribution in [1.29, 1.82) is 0 Å². The Hall–Kier alpha value is -1.37. The predicted molar refractivity (Wildman–Crippen MR) is 55.0 cm³/mol. The Balaban J connectivity index is 4.09. The van der Waals surface area contributed by atoms with Gasteiger partial charge in [0.05, 0.1) is 4.99 Å². The van der Waals surface area contributed by atoms with Crippen molar-refractivity contribution in [2.45, 2.75) is 18.9 Å². The highest BCUT2D eigenvalue weighted by molar-refractivity contribution is 7.80. The molecule has 0 aliphatic rings. The van der Waals surface area contributed by atoms with E-state index in [4.69, 9.17) is 10.8 Å². The van der Waals surface area contributed by atoms with Gasteiger partial charge in [0.25, 0.3) is 0 Å². The molecule has 7 heteroatoms. The largest absolute Gasteiger partial charge is 0.480 e. The fourth-order valence-electron chi connectivity index (χ4n) is 0.774. The number of nitrogens with one attached hydrogen (secondary N) is 2. The molecule has 0 spiro atoms. The lowest BCUT2D eigenvalue weighted by atomic mass is 10.1. The van der Waals surface area contributed by atoms with Crippen LogP contribution < -0.4 is 16.4 Å². The molecule has 0 aromatic carbocycles. The van der Waals surface area contributed by atoms with E-state index in [2.05, 4.69) is 22.9 Å². The van der Waals surface area contributed by atoms with Crippen molar-refractivity contribution < 1.29 is 14.7 Å². The lowest BCUT2D eigenvalue weighted by Crippen LogP contribution is -2.45. The maximum Gasteiger partial charge on any atom is 0.326 e. The molecule has 2 amide bonds. The van der Waals surface area contributed by atoms with Crippen molar-refractivity contribution >= 4 is 29.2 Å². The van der Waals surface area contributed by atoms with Gasteiger partial charge in [0.2, 0.25) is 0 Å². The summed E-state index contributed by atoms with van der Waals surface area (Å²) >= 11 is 4.60. The van der Waals surface area contributed by atoms with Gasteiger partial charge in [0.15, 0.2) is 0 Å². The molecule has 5 N–H and O–H groups in total. The van der Waals surface area contributed by atoms with Gasteiger partial charge in [-0.05, 0) is 6.42 Å². The van der Waals surface area contributed by atoms with Crippen LogP contribution in [0.3, 0.4) is 0 Å². The van der Waals surface area contributed by atoms with Crippen molar-refractivity contribution in [3.05, 3.63) is 0 Å². The molecule has 0 fully saturated rings. The molecule has 0 aromatic rings. The number of carboxylic acids is 1. The Labute approximate surface area is 86.8 Å². The van der Waals surface area contributed by atoms with E-state index in [0.29, 0.717) is 0 Å². The fraction of sp³-hybridized carbons (Fsp3) is 0.571. The summed E-state index contributed by atoms with van der Waals surface area (Å²) in [6.07, 6.45) is 0.481. The fourth-order valence-corrected chi connectivity index (χ4v) is 0.892. The van der Waals surface area contributed by atoms with E-state index in [0.717, 1.165) is 0 Å². The number of amides is 2. The molecular weight excluding hydrogens is 206 g/mol. The lowest BCUT2D eigenvalue weighted by Gasteiger charge is -2.13. The van der Waals surface area contributed by atoms with E-state index in [1.165, 1.54) is 7.05 Å². The third-order valence-electron chi connectivity index (χ3n) is 1.51. The normalized spacial score (nSPS) is 11.5. The van der Waals surface area contributed by atoms with Gasteiger partial charge in [-0.2, -0.15) is 0 Å². The highest BCUT2D eigenvalue weighted by Crippen LogP contribution is 1.97. The number of thiocarbonyl (C=S) groups is 1. The Morgan fingerprint density at radius 1 is 1.57 bits per heavy atom. The first-order chi connectivity index (χ1) is 6.47. The van der Waals surface area contributed by atoms with Crippen LogP contribution in [0.2, 0.25) is 0 Å². The maximum absolute atomic E-state index is 10.8. The first kappa shape index (κ1) is 12.6. The van der Waals surface area contributed by atoms with Crippen molar-refractivity contribution in [1.82, 2.24) is 10.6 Å². The van der Waals surface area contributed by atoms with Crippen LogP contribution in [0.1, 0.15) is 12.8 Å². The summed E-state index contributed by atoms with van der Waals surface area (Å²) in [4.78, 5) is 21.7. The molecule has 0 aliphatic heterocycles. The summed E-state index contributed by atoms with van der Waals surface area (Å²) < 4.78 is 0. The van der Waals surface area contributed by atoms with Crippen molar-refractivity contribution in [2.75, 3.05) is 7.05 Å². The topological polar surface area (TPSA) is 104 Å². The molecule has 0 radical (unpaired) electrons. The van der Waals surface area contributed by atoms with Crippen LogP contribution in [0.4, 0.5) is 4.79 Å². The van der Waals surface area contributed by atoms with E-state index >= 15 is 0 Å². The van der Waals surface area contributed by atoms with Gasteiger partial charge in [0, 0.05) is 13.5 Å². The van der Waals surface area contributed by atoms with E-state index in [1.54, 1.807) is 0 Å². The zero-order valence-corrected chi connectivity index (χ0v) is 8.56. The Morgan fingerprint density at radius 3 is 2.50 bits per heavy atom. The van der Waals surface area contributed by atoms with Crippen LogP contribution in [0, 0.1) is 0 Å². The summed E-state index contributed by atoms with van der Waals surface area (Å²) in [6.45, 7) is 0. The van der Waals surface area contributed by atoms with Gasteiger partial charge in [-0.3, -0.25) is 0 Å². The average molecular weight is 219 g/mol. The molecule has 6 nitrogen and oxygen atoms in total. The minimum Gasteiger partial charge on any atom is -0.480 e. The van der Waals surface area contributed by atoms with Gasteiger partial charge in [-0.15, -0.1) is 0 Å². The van der Waals surface area contributed by atoms with Crippen LogP contribution in [-0.4, -0.2) is 35.2 Å². The number of nitrogens with two attached hydrogens (primary N) is 1. The second-order valence-electron chi connectivity index (χ2n) is 2.62. The van der Waals surface area contributed by atoms with Gasteiger partial charge in [-0.1, -0.05) is 12.2 Å². The molecule has 0 saturated carbocycles. The lowest BCUT2D eigenvalue weighted by molar-refractivity contribution is -0.139. The van der Waals surface area contributed by atoms with Crippen molar-refractivity contribution in [3.63, 3.8) is 0 Å². The molecule has 14 heavy (non-hydrogen) atoms. The number of carbonyl (C=O) groups is 2. The minimum absolute atomic E-state index is 0.193. The molecule has 80 valence electrons. The molecule has 0 saturated heterocycles. The number of rotatable bonds is 5. The van der Waals surface area contributed by atoms with E-state index in [1.807, 2.05) is 0 Å². The van der Waals surface area contributed by atoms with Crippen molar-refractivity contribution in [3.8, 4) is 0 Å². The van der Waals surface area contributed by atoms with E-state index in [9.17, 15) is 9.59 Å². The van der Waals surface area contributed by atoms with Crippen LogP contribution in [0.25, 0.3) is 0 Å². The SMILES string of the molecule is CNC(=O)NC(CCC(N)=S)C(=O)O. The number of carbonyl (C=O) groups excluding carboxylic acids is 1. The third-order valence-corrected chi connectivity index (χ3v) is 1.71. The molecule has 1 unspecified atom stereocenters. The summed E-state index contributed by atoms with van der Waals surface area (Å²) in [5, 5.41) is 13.2. The number of carboxylic acid groups (broad SMARTS) is 1. The molecular formula is C7H13N3O3S. The molecule has 0 rings (SSSR count). The smallest absolute Gasteiger partial charge is 0.326 e. The molecule has 0 bridgehead atoms. The number of hydrogen-bond acceptors (Lipinski definition) is 3. The number of urea groups is 1. The van der Waals surface area contributed by atoms with Gasteiger partial charge in [-0.25, -0.2) is 9.59 Å². The second-order valence-corrected chi connectivity index (χ2v) is 3.14. The molecule has 1 atom stereocenters. The first-order valence-electron chi connectivity index (χ1n) is 3.96. The third kappa shape index (κ3) is 5.31. The highest BCUT2D eigenvalue weighted by atomic mass is 32.1. The van der Waals surface area contributed by atoms with Crippen LogP contribution in [0.5, 0.6) is 0 Å². The standard InChI is InChI=1S/C7H13N3O3S/c1-9-7(13)10-4(6(11)12)2-3-5(8)14/h4H,2-3H2,1H3,(H2,8,14)(H,11,12)(H2,9,10,13). The second kappa shape index (κ2) is 6.14. The first-order valence-corrected chi connectivity index (χ1v) is 4.37. The van der Waals surface area contributed by atoms with Gasteiger partial charge in [0.1, 0.15) is 6.04 Å². The number of hydrogen-bond donors (Lipinski definition) is 4. The van der Waals surface area contributed by atoms with E-state index < -0.39 is 18.0 Å². The average Bonchev–Trinajstić information content (AvgIpc) is 2.10. The highest BCUT2D eigenvalue weighted by Gasteiger charge is 2.18. The number of aliphatic carboxylic acids is 1. The molecule has 0 aromatic heterocycles. The van der Waals surface area contributed by atoms with Crippen molar-refractivity contribution in [2.24, 2.45) is 5.73 Å². The zero-order valence-electron chi connectivity index (χ0n) is 7.74. The van der Waals surface area contributed by atoms with Gasteiger partial charge < -0.3 is 21.5 Å². The molecule has 0 aliphatic carbocycles. The Bertz CT molecular complexity index is 244. The summed E-state index contributed by atoms with van der Waals surface area (Å²) in [7, 11) is 1.40. The van der Waals surface area contributed by atoms with Crippen LogP contribution in [0.15, 0.2) is 0 Å². The monoisotopic (exact) mass is 219 g/mol. The summed E-state index contributed by atoms with van der Waals surface area (Å²) in [5.74, 6) is -1.11. The van der Waals surface area contributed by atoms with Crippen LogP contribution in [-0.2, 0) is 4.79 Å². The van der Waals surface area contributed by atoms with Gasteiger partial charge >= 0.3 is 12.0 Å². The Morgan fingerprint density at radius 2 is 2.14 bits per heavy atom. The zero-order chi connectivity index (χ0) is 11.1. The summed E-state index contributed by atoms with van der Waals surface area (Å²) in [5.41, 5.74) is 5.21. The Kier molecular flexibility index (Phi) is 5.54. The summed E-state index contributed by atoms with van der Waals surface area (Å²) in [6, 6.07) is -1.50. The maximum atomic E-state index is 10.8. The molecule has 0 heterocycles. The minimum atomic E-state index is -1.11. The van der Waals surface area contributed by atoms with E-state index in [-0.39, 0.29) is 17.8 Å². The predicted octanol–water partition coefficient (Wildman–Crippen LogP) is -0.565.